The lowest BCUT2D eigenvalue weighted by atomic mass is 10.0. The van der Waals surface area contributed by atoms with Crippen LogP contribution in [0.15, 0.2) is 12.2 Å². The fourth-order valence-electron chi connectivity index (χ4n) is 7.70. The standard InChI is InChI=1S/C50H97NO5/c1-3-5-7-9-11-13-15-16-17-18-19-20-21-22-24-26-30-34-38-42-48(53)47(46-52)51-49(54)43-39-35-31-27-25-29-33-37-41-45-56-50(55)44-40-36-32-28-23-14-12-10-8-6-4-2/h27,31,47-48,52-53H,3-26,28-30,32-46H2,1-2H3,(H,51,54)/b31-27-. The second-order valence-corrected chi connectivity index (χ2v) is 17.1. The van der Waals surface area contributed by atoms with Gasteiger partial charge in [-0.05, 0) is 44.9 Å². The lowest BCUT2D eigenvalue weighted by Gasteiger charge is -2.22. The molecular formula is C50H97NO5. The molecule has 0 bridgehead atoms. The monoisotopic (exact) mass is 792 g/mol. The highest BCUT2D eigenvalue weighted by Gasteiger charge is 2.20. The van der Waals surface area contributed by atoms with Crippen LogP contribution >= 0.6 is 0 Å². The minimum absolute atomic E-state index is 0.0355. The molecule has 0 saturated carbocycles. The molecule has 6 heteroatoms. The van der Waals surface area contributed by atoms with E-state index in [9.17, 15) is 19.8 Å². The number of esters is 1. The maximum Gasteiger partial charge on any atom is 0.305 e. The number of aliphatic hydroxyl groups is 2. The Balaban J connectivity index is 3.54. The van der Waals surface area contributed by atoms with Gasteiger partial charge in [-0.25, -0.2) is 0 Å². The molecule has 6 nitrogen and oxygen atoms in total. The first-order chi connectivity index (χ1) is 27.5. The molecule has 0 saturated heterocycles. The molecule has 1 amide bonds. The van der Waals surface area contributed by atoms with Gasteiger partial charge in [-0.3, -0.25) is 9.59 Å². The zero-order valence-corrected chi connectivity index (χ0v) is 37.6. The quantitative estimate of drug-likeness (QED) is 0.0324. The Morgan fingerprint density at radius 2 is 0.857 bits per heavy atom. The summed E-state index contributed by atoms with van der Waals surface area (Å²) >= 11 is 0. The average Bonchev–Trinajstić information content (AvgIpc) is 3.20. The average molecular weight is 792 g/mol. The van der Waals surface area contributed by atoms with Gasteiger partial charge in [0, 0.05) is 12.8 Å². The predicted octanol–water partition coefficient (Wildman–Crippen LogP) is 14.6. The summed E-state index contributed by atoms with van der Waals surface area (Å²) in [5.41, 5.74) is 0. The fourth-order valence-corrected chi connectivity index (χ4v) is 7.70. The maximum absolute atomic E-state index is 12.4. The molecule has 332 valence electrons. The number of hydrogen-bond donors (Lipinski definition) is 3. The van der Waals surface area contributed by atoms with Gasteiger partial charge in [0.05, 0.1) is 25.4 Å². The first-order valence-electron chi connectivity index (χ1n) is 24.9. The van der Waals surface area contributed by atoms with Crippen LogP contribution in [-0.4, -0.2) is 47.4 Å². The minimum Gasteiger partial charge on any atom is -0.466 e. The van der Waals surface area contributed by atoms with Gasteiger partial charge in [0.15, 0.2) is 0 Å². The molecule has 0 aliphatic heterocycles. The van der Waals surface area contributed by atoms with Crippen LogP contribution in [-0.2, 0) is 14.3 Å². The highest BCUT2D eigenvalue weighted by molar-refractivity contribution is 5.76. The van der Waals surface area contributed by atoms with Gasteiger partial charge in [-0.1, -0.05) is 225 Å². The molecule has 2 unspecified atom stereocenters. The predicted molar refractivity (Wildman–Crippen MR) is 241 cm³/mol. The molecule has 56 heavy (non-hydrogen) atoms. The van der Waals surface area contributed by atoms with Crippen LogP contribution in [0.3, 0.4) is 0 Å². The van der Waals surface area contributed by atoms with Crippen LogP contribution < -0.4 is 5.32 Å². The number of ether oxygens (including phenoxy) is 1. The van der Waals surface area contributed by atoms with E-state index in [1.165, 1.54) is 167 Å². The number of amides is 1. The number of hydrogen-bond acceptors (Lipinski definition) is 5. The Hall–Kier alpha value is -1.40. The number of nitrogens with one attached hydrogen (secondary N) is 1. The summed E-state index contributed by atoms with van der Waals surface area (Å²) in [6, 6.07) is -0.577. The van der Waals surface area contributed by atoms with Crippen LogP contribution in [0.4, 0.5) is 0 Å². The molecule has 0 fully saturated rings. The fraction of sp³-hybridized carbons (Fsp3) is 0.920. The second-order valence-electron chi connectivity index (χ2n) is 17.1. The molecular weight excluding hydrogens is 695 g/mol. The summed E-state index contributed by atoms with van der Waals surface area (Å²) in [5.74, 6) is -0.129. The summed E-state index contributed by atoms with van der Waals surface area (Å²) in [7, 11) is 0. The van der Waals surface area contributed by atoms with Crippen LogP contribution in [0.25, 0.3) is 0 Å². The molecule has 0 aromatic carbocycles. The van der Waals surface area contributed by atoms with Crippen LogP contribution in [0.5, 0.6) is 0 Å². The van der Waals surface area contributed by atoms with E-state index in [0.717, 1.165) is 70.6 Å². The highest BCUT2D eigenvalue weighted by Crippen LogP contribution is 2.16. The molecule has 0 radical (unpaired) electrons. The molecule has 0 spiro atoms. The van der Waals surface area contributed by atoms with Gasteiger partial charge < -0.3 is 20.3 Å². The van der Waals surface area contributed by atoms with Crippen molar-refractivity contribution in [3.63, 3.8) is 0 Å². The van der Waals surface area contributed by atoms with Crippen molar-refractivity contribution in [2.45, 2.75) is 283 Å². The Labute approximate surface area is 349 Å². The normalized spacial score (nSPS) is 12.7. The lowest BCUT2D eigenvalue weighted by Crippen LogP contribution is -2.45. The van der Waals surface area contributed by atoms with Crippen molar-refractivity contribution in [1.29, 1.82) is 0 Å². The van der Waals surface area contributed by atoms with E-state index in [1.54, 1.807) is 0 Å². The molecule has 0 heterocycles. The highest BCUT2D eigenvalue weighted by atomic mass is 16.5. The molecule has 0 aliphatic rings. The van der Waals surface area contributed by atoms with Crippen molar-refractivity contribution in [1.82, 2.24) is 5.32 Å². The Morgan fingerprint density at radius 3 is 1.30 bits per heavy atom. The third-order valence-electron chi connectivity index (χ3n) is 11.6. The Morgan fingerprint density at radius 1 is 0.482 bits per heavy atom. The van der Waals surface area contributed by atoms with Crippen LogP contribution in [0.1, 0.15) is 271 Å². The van der Waals surface area contributed by atoms with Gasteiger partial charge >= 0.3 is 5.97 Å². The number of rotatable bonds is 46. The molecule has 0 aliphatic carbocycles. The number of carbonyl (C=O) groups is 2. The van der Waals surface area contributed by atoms with E-state index in [-0.39, 0.29) is 18.5 Å². The zero-order chi connectivity index (χ0) is 40.8. The SMILES string of the molecule is CCCCCCCCCCCCCCCCCCCCCC(O)C(CO)NC(=O)CCC/C=C\CCCCCCOC(=O)CCCCCCCCCCCCC. The first kappa shape index (κ1) is 54.6. The summed E-state index contributed by atoms with van der Waals surface area (Å²) in [6.45, 7) is 4.86. The summed E-state index contributed by atoms with van der Waals surface area (Å²) < 4.78 is 5.42. The third kappa shape index (κ3) is 42.2. The van der Waals surface area contributed by atoms with E-state index < -0.39 is 12.1 Å². The van der Waals surface area contributed by atoms with Crippen LogP contribution in [0, 0.1) is 0 Å². The number of unbranched alkanes of at least 4 members (excludes halogenated alkanes) is 33. The van der Waals surface area contributed by atoms with Crippen molar-refractivity contribution in [3.8, 4) is 0 Å². The van der Waals surface area contributed by atoms with Crippen molar-refractivity contribution < 1.29 is 24.5 Å². The second kappa shape index (κ2) is 46.3. The van der Waals surface area contributed by atoms with E-state index in [2.05, 4.69) is 31.3 Å². The first-order valence-corrected chi connectivity index (χ1v) is 24.9. The van der Waals surface area contributed by atoms with Crippen molar-refractivity contribution in [2.75, 3.05) is 13.2 Å². The molecule has 0 aromatic heterocycles. The topological polar surface area (TPSA) is 95.9 Å². The van der Waals surface area contributed by atoms with E-state index in [0.29, 0.717) is 25.9 Å². The van der Waals surface area contributed by atoms with Crippen molar-refractivity contribution >= 4 is 11.9 Å². The van der Waals surface area contributed by atoms with Crippen molar-refractivity contribution in [3.05, 3.63) is 12.2 Å². The number of aliphatic hydroxyl groups excluding tert-OH is 2. The van der Waals surface area contributed by atoms with E-state index in [4.69, 9.17) is 4.74 Å². The van der Waals surface area contributed by atoms with Gasteiger partial charge in [0.2, 0.25) is 5.91 Å². The van der Waals surface area contributed by atoms with Gasteiger partial charge in [0.1, 0.15) is 0 Å². The molecule has 0 rings (SSSR count). The van der Waals surface area contributed by atoms with Gasteiger partial charge in [-0.15, -0.1) is 0 Å². The summed E-state index contributed by atoms with van der Waals surface area (Å²) in [4.78, 5) is 24.4. The number of carbonyl (C=O) groups excluding carboxylic acids is 2. The lowest BCUT2D eigenvalue weighted by molar-refractivity contribution is -0.143. The molecule has 0 aromatic rings. The van der Waals surface area contributed by atoms with Gasteiger partial charge in [0.25, 0.3) is 0 Å². The largest absolute Gasteiger partial charge is 0.466 e. The van der Waals surface area contributed by atoms with Crippen molar-refractivity contribution in [2.24, 2.45) is 0 Å². The Bertz CT molecular complexity index is 832. The third-order valence-corrected chi connectivity index (χ3v) is 11.6. The molecule has 2 atom stereocenters. The summed E-state index contributed by atoms with van der Waals surface area (Å²) in [6.07, 6.45) is 51.8. The van der Waals surface area contributed by atoms with Crippen LogP contribution in [0.2, 0.25) is 0 Å². The Kier molecular flexibility index (Phi) is 45.1. The van der Waals surface area contributed by atoms with E-state index in [1.807, 2.05) is 0 Å². The smallest absolute Gasteiger partial charge is 0.305 e. The van der Waals surface area contributed by atoms with E-state index >= 15 is 0 Å². The number of allylic oxidation sites excluding steroid dienone is 2. The minimum atomic E-state index is -0.694. The summed E-state index contributed by atoms with van der Waals surface area (Å²) in [5, 5.41) is 23.2. The zero-order valence-electron chi connectivity index (χ0n) is 37.6. The van der Waals surface area contributed by atoms with Gasteiger partial charge in [-0.2, -0.15) is 0 Å². The maximum atomic E-state index is 12.4. The molecule has 3 N–H and O–H groups in total.